The van der Waals surface area contributed by atoms with Crippen molar-refractivity contribution in [2.24, 2.45) is 5.92 Å². The summed E-state index contributed by atoms with van der Waals surface area (Å²) in [5.41, 5.74) is 2.18. The van der Waals surface area contributed by atoms with Gasteiger partial charge in [0.05, 0.1) is 12.0 Å². The molecule has 28 heavy (non-hydrogen) atoms. The average Bonchev–Trinajstić information content (AvgIpc) is 3.09. The van der Waals surface area contributed by atoms with E-state index in [-0.39, 0.29) is 30.2 Å². The van der Waals surface area contributed by atoms with E-state index < -0.39 is 0 Å². The molecule has 4 nitrogen and oxygen atoms in total. The number of carbonyl (C=O) groups is 2. The second-order valence-corrected chi connectivity index (χ2v) is 7.46. The lowest BCUT2D eigenvalue weighted by Crippen LogP contribution is -2.34. The van der Waals surface area contributed by atoms with Crippen LogP contribution in [0.1, 0.15) is 30.5 Å². The van der Waals surface area contributed by atoms with Crippen LogP contribution in [0.5, 0.6) is 0 Å². The predicted molar refractivity (Wildman–Crippen MR) is 110 cm³/mol. The Morgan fingerprint density at radius 2 is 1.75 bits per heavy atom. The van der Waals surface area contributed by atoms with Gasteiger partial charge in [-0.3, -0.25) is 9.59 Å². The average molecular weight is 372 g/mol. The van der Waals surface area contributed by atoms with E-state index in [1.54, 1.807) is 4.90 Å². The maximum atomic E-state index is 12.8. The van der Waals surface area contributed by atoms with Gasteiger partial charge in [-0.25, -0.2) is 0 Å². The van der Waals surface area contributed by atoms with Gasteiger partial charge < -0.3 is 10.2 Å². The molecule has 4 heteroatoms. The molecule has 1 aliphatic heterocycles. The van der Waals surface area contributed by atoms with Crippen LogP contribution in [0.25, 0.3) is 10.8 Å². The highest BCUT2D eigenvalue weighted by atomic mass is 16.2. The van der Waals surface area contributed by atoms with Crippen molar-refractivity contribution in [3.63, 3.8) is 0 Å². The van der Waals surface area contributed by atoms with Crippen molar-refractivity contribution in [3.05, 3.63) is 83.9 Å². The van der Waals surface area contributed by atoms with E-state index in [1.807, 2.05) is 55.5 Å². The van der Waals surface area contributed by atoms with Crippen molar-refractivity contribution in [2.75, 3.05) is 6.54 Å². The van der Waals surface area contributed by atoms with Gasteiger partial charge in [-0.1, -0.05) is 72.8 Å². The summed E-state index contributed by atoms with van der Waals surface area (Å²) in [5.74, 6) is -0.306. The molecule has 3 aromatic carbocycles. The summed E-state index contributed by atoms with van der Waals surface area (Å²) < 4.78 is 0. The maximum absolute atomic E-state index is 12.8. The van der Waals surface area contributed by atoms with Gasteiger partial charge in [-0.05, 0) is 28.8 Å². The van der Waals surface area contributed by atoms with E-state index in [0.717, 1.165) is 21.9 Å². The molecule has 0 unspecified atom stereocenters. The third kappa shape index (κ3) is 3.77. The fraction of sp³-hybridized carbons (Fsp3) is 0.250. The van der Waals surface area contributed by atoms with Crippen LogP contribution in [0.4, 0.5) is 0 Å². The Morgan fingerprint density at radius 3 is 2.57 bits per heavy atom. The summed E-state index contributed by atoms with van der Waals surface area (Å²) in [5, 5.41) is 5.42. The Kier molecular flexibility index (Phi) is 5.11. The summed E-state index contributed by atoms with van der Waals surface area (Å²) >= 11 is 0. The molecule has 2 atom stereocenters. The van der Waals surface area contributed by atoms with Crippen molar-refractivity contribution >= 4 is 22.6 Å². The van der Waals surface area contributed by atoms with Gasteiger partial charge in [0.15, 0.2) is 0 Å². The zero-order valence-corrected chi connectivity index (χ0v) is 16.0. The SMILES string of the molecule is C[C@@H](NC(=O)[C@H]1CC(=O)N(Cc2ccccc2)C1)c1cccc2ccccc12. The first-order chi connectivity index (χ1) is 13.6. The summed E-state index contributed by atoms with van der Waals surface area (Å²) in [4.78, 5) is 27.0. The molecule has 0 aromatic heterocycles. The second kappa shape index (κ2) is 7.85. The Hall–Kier alpha value is -3.14. The van der Waals surface area contributed by atoms with Crippen LogP contribution in [0.3, 0.4) is 0 Å². The van der Waals surface area contributed by atoms with E-state index in [2.05, 4.69) is 29.6 Å². The lowest BCUT2D eigenvalue weighted by atomic mass is 9.99. The standard InChI is InChI=1S/C24H24N2O2/c1-17(21-13-7-11-19-10-5-6-12-22(19)21)25-24(28)20-14-23(27)26(16-20)15-18-8-3-2-4-9-18/h2-13,17,20H,14-16H2,1H3,(H,25,28)/t17-,20+/m1/s1. The van der Waals surface area contributed by atoms with Gasteiger partial charge in [0, 0.05) is 19.5 Å². The van der Waals surface area contributed by atoms with E-state index in [0.29, 0.717) is 13.1 Å². The third-order valence-electron chi connectivity index (χ3n) is 5.45. The molecule has 0 spiro atoms. The van der Waals surface area contributed by atoms with Gasteiger partial charge in [-0.2, -0.15) is 0 Å². The topological polar surface area (TPSA) is 49.4 Å². The molecule has 142 valence electrons. The molecule has 1 heterocycles. The normalized spacial score (nSPS) is 17.7. The number of carbonyl (C=O) groups excluding carboxylic acids is 2. The molecule has 4 rings (SSSR count). The minimum Gasteiger partial charge on any atom is -0.349 e. The van der Waals surface area contributed by atoms with Crippen LogP contribution in [0.15, 0.2) is 72.8 Å². The minimum absolute atomic E-state index is 0.0433. The molecule has 1 aliphatic rings. The van der Waals surface area contributed by atoms with Gasteiger partial charge in [0.1, 0.15) is 0 Å². The first-order valence-corrected chi connectivity index (χ1v) is 9.71. The van der Waals surface area contributed by atoms with Crippen LogP contribution in [-0.2, 0) is 16.1 Å². The quantitative estimate of drug-likeness (QED) is 0.734. The first kappa shape index (κ1) is 18.2. The van der Waals surface area contributed by atoms with Crippen LogP contribution in [-0.4, -0.2) is 23.3 Å². The number of nitrogens with one attached hydrogen (secondary N) is 1. The second-order valence-electron chi connectivity index (χ2n) is 7.46. The van der Waals surface area contributed by atoms with Gasteiger partial charge in [-0.15, -0.1) is 0 Å². The van der Waals surface area contributed by atoms with E-state index >= 15 is 0 Å². The van der Waals surface area contributed by atoms with Gasteiger partial charge >= 0.3 is 0 Å². The fourth-order valence-corrected chi connectivity index (χ4v) is 3.94. The first-order valence-electron chi connectivity index (χ1n) is 9.71. The molecule has 1 fully saturated rings. The van der Waals surface area contributed by atoms with Gasteiger partial charge in [0.2, 0.25) is 11.8 Å². The lowest BCUT2D eigenvalue weighted by molar-refractivity contribution is -0.129. The number of hydrogen-bond acceptors (Lipinski definition) is 2. The van der Waals surface area contributed by atoms with Crippen molar-refractivity contribution in [3.8, 4) is 0 Å². The summed E-state index contributed by atoms with van der Waals surface area (Å²) in [6.45, 7) is 3.03. The number of benzene rings is 3. The smallest absolute Gasteiger partial charge is 0.225 e. The molecular formula is C24H24N2O2. The van der Waals surface area contributed by atoms with Crippen LogP contribution >= 0.6 is 0 Å². The molecular weight excluding hydrogens is 348 g/mol. The highest BCUT2D eigenvalue weighted by Gasteiger charge is 2.34. The van der Waals surface area contributed by atoms with E-state index in [4.69, 9.17) is 0 Å². The number of amides is 2. The minimum atomic E-state index is -0.298. The van der Waals surface area contributed by atoms with Gasteiger partial charge in [0.25, 0.3) is 0 Å². The fourth-order valence-electron chi connectivity index (χ4n) is 3.94. The maximum Gasteiger partial charge on any atom is 0.225 e. The van der Waals surface area contributed by atoms with Crippen LogP contribution in [0.2, 0.25) is 0 Å². The molecule has 0 radical (unpaired) electrons. The number of rotatable bonds is 5. The molecule has 0 saturated carbocycles. The summed E-state index contributed by atoms with van der Waals surface area (Å²) in [6.07, 6.45) is 0.279. The highest BCUT2D eigenvalue weighted by Crippen LogP contribution is 2.26. The van der Waals surface area contributed by atoms with Crippen molar-refractivity contribution < 1.29 is 9.59 Å². The Balaban J connectivity index is 1.43. The Bertz CT molecular complexity index is 994. The molecule has 3 aromatic rings. The summed E-state index contributed by atoms with van der Waals surface area (Å²) in [7, 11) is 0. The molecule has 1 N–H and O–H groups in total. The van der Waals surface area contributed by atoms with Crippen molar-refractivity contribution in [2.45, 2.75) is 25.9 Å². The lowest BCUT2D eigenvalue weighted by Gasteiger charge is -2.20. The number of hydrogen-bond donors (Lipinski definition) is 1. The zero-order chi connectivity index (χ0) is 19.5. The largest absolute Gasteiger partial charge is 0.349 e. The van der Waals surface area contributed by atoms with E-state index in [1.165, 1.54) is 0 Å². The number of nitrogens with zero attached hydrogens (tertiary/aromatic N) is 1. The predicted octanol–water partition coefficient (Wildman–Crippen LogP) is 4.07. The van der Waals surface area contributed by atoms with Crippen LogP contribution < -0.4 is 5.32 Å². The van der Waals surface area contributed by atoms with Crippen molar-refractivity contribution in [1.82, 2.24) is 10.2 Å². The van der Waals surface area contributed by atoms with E-state index in [9.17, 15) is 9.59 Å². The van der Waals surface area contributed by atoms with Crippen LogP contribution in [0, 0.1) is 5.92 Å². The highest BCUT2D eigenvalue weighted by molar-refractivity contribution is 5.90. The Labute approximate surface area is 165 Å². The third-order valence-corrected chi connectivity index (χ3v) is 5.45. The molecule has 2 amide bonds. The Morgan fingerprint density at radius 1 is 1.04 bits per heavy atom. The molecule has 1 saturated heterocycles. The molecule has 0 bridgehead atoms. The van der Waals surface area contributed by atoms with Crippen molar-refractivity contribution in [1.29, 1.82) is 0 Å². The molecule has 0 aliphatic carbocycles. The number of fused-ring (bicyclic) bond motifs is 1. The number of likely N-dealkylation sites (tertiary alicyclic amines) is 1. The monoisotopic (exact) mass is 372 g/mol. The zero-order valence-electron chi connectivity index (χ0n) is 16.0. The summed E-state index contributed by atoms with van der Waals surface area (Å²) in [6, 6.07) is 24.1.